The molecule has 2 heterocycles. The Morgan fingerprint density at radius 2 is 2.32 bits per heavy atom. The number of fused-ring (bicyclic) bond motifs is 1. The number of ether oxygens (including phenoxy) is 1. The van der Waals surface area contributed by atoms with Gasteiger partial charge in [-0.25, -0.2) is 4.68 Å². The van der Waals surface area contributed by atoms with Crippen LogP contribution < -0.4 is 10.5 Å². The van der Waals surface area contributed by atoms with E-state index in [9.17, 15) is 0 Å². The molecule has 0 saturated heterocycles. The van der Waals surface area contributed by atoms with Crippen molar-refractivity contribution in [2.24, 2.45) is 5.73 Å². The average molecular weight is 258 g/mol. The minimum absolute atomic E-state index is 0.0356. The lowest BCUT2D eigenvalue weighted by molar-refractivity contribution is 0.194. The SMILES string of the molecule is CCCn1nncc1C(N)C1Cc2ccccc2O1. The molecule has 5 nitrogen and oxygen atoms in total. The Morgan fingerprint density at radius 3 is 3.11 bits per heavy atom. The summed E-state index contributed by atoms with van der Waals surface area (Å²) in [5, 5.41) is 8.04. The van der Waals surface area contributed by atoms with Gasteiger partial charge in [0, 0.05) is 13.0 Å². The van der Waals surface area contributed by atoms with Gasteiger partial charge in [-0.1, -0.05) is 30.3 Å². The monoisotopic (exact) mass is 258 g/mol. The first-order chi connectivity index (χ1) is 9.29. The van der Waals surface area contributed by atoms with Crippen LogP contribution in [-0.4, -0.2) is 21.1 Å². The Hall–Kier alpha value is -1.88. The Morgan fingerprint density at radius 1 is 1.47 bits per heavy atom. The van der Waals surface area contributed by atoms with E-state index >= 15 is 0 Å². The summed E-state index contributed by atoms with van der Waals surface area (Å²) in [7, 11) is 0. The number of hydrogen-bond donors (Lipinski definition) is 1. The number of hydrogen-bond acceptors (Lipinski definition) is 4. The van der Waals surface area contributed by atoms with Crippen LogP contribution >= 0.6 is 0 Å². The van der Waals surface area contributed by atoms with Crippen molar-refractivity contribution in [3.8, 4) is 5.75 Å². The molecule has 0 aliphatic carbocycles. The molecule has 19 heavy (non-hydrogen) atoms. The van der Waals surface area contributed by atoms with Crippen LogP contribution in [0.15, 0.2) is 30.5 Å². The zero-order chi connectivity index (χ0) is 13.2. The summed E-state index contributed by atoms with van der Waals surface area (Å²) in [4.78, 5) is 0. The Balaban J connectivity index is 1.79. The lowest BCUT2D eigenvalue weighted by atomic mass is 10.0. The first-order valence-corrected chi connectivity index (χ1v) is 6.68. The summed E-state index contributed by atoms with van der Waals surface area (Å²) in [6, 6.07) is 7.89. The molecule has 1 aromatic carbocycles. The summed E-state index contributed by atoms with van der Waals surface area (Å²) in [6.07, 6.45) is 3.56. The van der Waals surface area contributed by atoms with Crippen molar-refractivity contribution < 1.29 is 4.74 Å². The smallest absolute Gasteiger partial charge is 0.124 e. The van der Waals surface area contributed by atoms with Crippen LogP contribution in [0, 0.1) is 0 Å². The summed E-state index contributed by atoms with van der Waals surface area (Å²) in [6.45, 7) is 2.95. The molecule has 1 aliphatic heterocycles. The lowest BCUT2D eigenvalue weighted by Crippen LogP contribution is -2.32. The van der Waals surface area contributed by atoms with Crippen molar-refractivity contribution >= 4 is 0 Å². The van der Waals surface area contributed by atoms with Gasteiger partial charge in [0.15, 0.2) is 0 Å². The molecule has 1 aromatic heterocycles. The van der Waals surface area contributed by atoms with Crippen LogP contribution in [0.3, 0.4) is 0 Å². The van der Waals surface area contributed by atoms with Crippen molar-refractivity contribution in [2.45, 2.75) is 38.5 Å². The Bertz CT molecular complexity index is 541. The van der Waals surface area contributed by atoms with Crippen LogP contribution in [-0.2, 0) is 13.0 Å². The standard InChI is InChI=1S/C14H18N4O/c1-2-7-18-11(9-16-17-18)14(15)13-8-10-5-3-4-6-12(10)19-13/h3-6,9,13-14H,2,7-8,15H2,1H3. The minimum atomic E-state index is -0.200. The molecule has 0 fully saturated rings. The zero-order valence-electron chi connectivity index (χ0n) is 11.0. The van der Waals surface area contributed by atoms with E-state index in [0.29, 0.717) is 0 Å². The molecule has 3 rings (SSSR count). The highest BCUT2D eigenvalue weighted by Gasteiger charge is 2.30. The highest BCUT2D eigenvalue weighted by molar-refractivity contribution is 5.38. The average Bonchev–Trinajstić information content (AvgIpc) is 3.04. The van der Waals surface area contributed by atoms with E-state index in [2.05, 4.69) is 23.3 Å². The first-order valence-electron chi connectivity index (χ1n) is 6.68. The predicted molar refractivity (Wildman–Crippen MR) is 71.8 cm³/mol. The van der Waals surface area contributed by atoms with E-state index in [-0.39, 0.29) is 12.1 Å². The molecule has 2 N–H and O–H groups in total. The van der Waals surface area contributed by atoms with E-state index in [0.717, 1.165) is 30.8 Å². The van der Waals surface area contributed by atoms with Gasteiger partial charge in [-0.15, -0.1) is 5.10 Å². The maximum Gasteiger partial charge on any atom is 0.124 e. The molecule has 2 aromatic rings. The second kappa shape index (κ2) is 5.01. The van der Waals surface area contributed by atoms with Gasteiger partial charge >= 0.3 is 0 Å². The fraction of sp³-hybridized carbons (Fsp3) is 0.429. The van der Waals surface area contributed by atoms with Gasteiger partial charge in [0.25, 0.3) is 0 Å². The summed E-state index contributed by atoms with van der Waals surface area (Å²) in [5.74, 6) is 0.942. The van der Waals surface area contributed by atoms with Gasteiger partial charge in [-0.05, 0) is 18.1 Å². The van der Waals surface area contributed by atoms with E-state index < -0.39 is 0 Å². The fourth-order valence-electron chi connectivity index (χ4n) is 2.51. The van der Waals surface area contributed by atoms with Gasteiger partial charge in [0.1, 0.15) is 11.9 Å². The highest BCUT2D eigenvalue weighted by Crippen LogP contribution is 2.32. The number of nitrogens with two attached hydrogens (primary N) is 1. The summed E-state index contributed by atoms with van der Waals surface area (Å²) in [5.41, 5.74) is 8.49. The molecular weight excluding hydrogens is 240 g/mol. The maximum atomic E-state index is 6.33. The second-order valence-electron chi connectivity index (χ2n) is 4.88. The number of nitrogens with zero attached hydrogens (tertiary/aromatic N) is 3. The first kappa shape index (κ1) is 12.2. The topological polar surface area (TPSA) is 66.0 Å². The summed E-state index contributed by atoms with van der Waals surface area (Å²) >= 11 is 0. The largest absolute Gasteiger partial charge is 0.488 e. The molecule has 0 saturated carbocycles. The third-order valence-electron chi connectivity index (χ3n) is 3.50. The quantitative estimate of drug-likeness (QED) is 0.906. The lowest BCUT2D eigenvalue weighted by Gasteiger charge is -2.19. The maximum absolute atomic E-state index is 6.33. The van der Waals surface area contributed by atoms with Crippen molar-refractivity contribution in [1.82, 2.24) is 15.0 Å². The number of benzene rings is 1. The molecule has 5 heteroatoms. The summed E-state index contributed by atoms with van der Waals surface area (Å²) < 4.78 is 7.80. The van der Waals surface area contributed by atoms with Crippen LogP contribution in [0.5, 0.6) is 5.75 Å². The van der Waals surface area contributed by atoms with E-state index in [1.165, 1.54) is 5.56 Å². The van der Waals surface area contributed by atoms with Gasteiger partial charge in [0.05, 0.1) is 17.9 Å². The van der Waals surface area contributed by atoms with Crippen LogP contribution in [0.2, 0.25) is 0 Å². The number of aryl methyl sites for hydroxylation is 1. The van der Waals surface area contributed by atoms with Crippen molar-refractivity contribution in [3.05, 3.63) is 41.7 Å². The minimum Gasteiger partial charge on any atom is -0.488 e. The van der Waals surface area contributed by atoms with Crippen LogP contribution in [0.4, 0.5) is 0 Å². The molecule has 0 radical (unpaired) electrons. The van der Waals surface area contributed by atoms with Gasteiger partial charge in [0.2, 0.25) is 0 Å². The van der Waals surface area contributed by atoms with E-state index in [4.69, 9.17) is 10.5 Å². The number of aromatic nitrogens is 3. The van der Waals surface area contributed by atoms with Crippen LogP contribution in [0.1, 0.15) is 30.6 Å². The van der Waals surface area contributed by atoms with Crippen molar-refractivity contribution in [3.63, 3.8) is 0 Å². The normalized spacial score (nSPS) is 18.9. The highest BCUT2D eigenvalue weighted by atomic mass is 16.5. The molecule has 0 amide bonds. The molecule has 0 bridgehead atoms. The van der Waals surface area contributed by atoms with E-state index in [1.54, 1.807) is 6.20 Å². The number of para-hydroxylation sites is 1. The molecular formula is C14H18N4O. The third-order valence-corrected chi connectivity index (χ3v) is 3.50. The predicted octanol–water partition coefficient (Wildman–Crippen LogP) is 1.69. The van der Waals surface area contributed by atoms with Crippen molar-refractivity contribution in [1.29, 1.82) is 0 Å². The Labute approximate surface area is 112 Å². The zero-order valence-corrected chi connectivity index (χ0v) is 11.0. The van der Waals surface area contributed by atoms with Gasteiger partial charge in [-0.2, -0.15) is 0 Å². The van der Waals surface area contributed by atoms with Gasteiger partial charge in [-0.3, -0.25) is 0 Å². The second-order valence-corrected chi connectivity index (χ2v) is 4.88. The molecule has 0 spiro atoms. The van der Waals surface area contributed by atoms with Crippen molar-refractivity contribution in [2.75, 3.05) is 0 Å². The van der Waals surface area contributed by atoms with Gasteiger partial charge < -0.3 is 10.5 Å². The van der Waals surface area contributed by atoms with Crippen LogP contribution in [0.25, 0.3) is 0 Å². The third kappa shape index (κ3) is 2.21. The molecule has 1 aliphatic rings. The molecule has 2 unspecified atom stereocenters. The molecule has 2 atom stereocenters. The van der Waals surface area contributed by atoms with E-state index in [1.807, 2.05) is 22.9 Å². The number of rotatable bonds is 4. The fourth-order valence-corrected chi connectivity index (χ4v) is 2.51. The molecule has 100 valence electrons. The Kier molecular flexibility index (Phi) is 3.21.